The predicted molar refractivity (Wildman–Crippen MR) is 60.8 cm³/mol. The smallest absolute Gasteiger partial charge is 0.356 e. The van der Waals surface area contributed by atoms with Crippen LogP contribution in [0.1, 0.15) is 29.8 Å². The summed E-state index contributed by atoms with van der Waals surface area (Å²) in [4.78, 5) is 18.2. The van der Waals surface area contributed by atoms with E-state index in [9.17, 15) is 9.90 Å². The summed E-state index contributed by atoms with van der Waals surface area (Å²) in [5.74, 6) is -0.235. The van der Waals surface area contributed by atoms with Gasteiger partial charge in [0.1, 0.15) is 5.82 Å². The van der Waals surface area contributed by atoms with Crippen molar-refractivity contribution < 1.29 is 15.0 Å². The lowest BCUT2D eigenvalue weighted by atomic mass is 9.81. The Morgan fingerprint density at radius 3 is 2.71 bits per heavy atom. The first-order valence-corrected chi connectivity index (χ1v) is 5.64. The van der Waals surface area contributed by atoms with E-state index in [0.717, 1.165) is 12.8 Å². The number of hydrogen-bond donors (Lipinski definition) is 3. The van der Waals surface area contributed by atoms with Crippen LogP contribution in [-0.2, 0) is 0 Å². The highest BCUT2D eigenvalue weighted by atomic mass is 16.4. The number of anilines is 1. The number of nitrogens with one attached hydrogen (secondary N) is 1. The molecule has 1 aromatic rings. The predicted octanol–water partition coefficient (Wildman–Crippen LogP) is 0.748. The average molecular weight is 237 g/mol. The van der Waals surface area contributed by atoms with E-state index < -0.39 is 5.97 Å². The van der Waals surface area contributed by atoms with Gasteiger partial charge in [-0.3, -0.25) is 0 Å². The number of aliphatic hydroxyl groups is 1. The minimum Gasteiger partial charge on any atom is -0.476 e. The van der Waals surface area contributed by atoms with Crippen molar-refractivity contribution in [1.29, 1.82) is 0 Å². The summed E-state index contributed by atoms with van der Waals surface area (Å²) in [7, 11) is 0. The van der Waals surface area contributed by atoms with Crippen LogP contribution in [-0.4, -0.2) is 38.8 Å². The van der Waals surface area contributed by atoms with Gasteiger partial charge in [-0.2, -0.15) is 0 Å². The molecular weight excluding hydrogens is 222 g/mol. The number of carboxylic acids is 1. The number of nitrogens with zero attached hydrogens (tertiary/aromatic N) is 2. The molecule has 0 spiro atoms. The van der Waals surface area contributed by atoms with Crippen molar-refractivity contribution in [3.05, 3.63) is 18.1 Å². The quantitative estimate of drug-likeness (QED) is 0.699. The molecule has 6 heteroatoms. The van der Waals surface area contributed by atoms with Gasteiger partial charge in [0.2, 0.25) is 0 Å². The molecule has 0 bridgehead atoms. The van der Waals surface area contributed by atoms with E-state index in [1.807, 2.05) is 0 Å². The van der Waals surface area contributed by atoms with E-state index in [-0.39, 0.29) is 11.8 Å². The maximum Gasteiger partial charge on any atom is 0.356 e. The van der Waals surface area contributed by atoms with E-state index in [1.54, 1.807) is 0 Å². The number of aliphatic hydroxyl groups excluding tert-OH is 1. The van der Waals surface area contributed by atoms with E-state index >= 15 is 0 Å². The zero-order valence-electron chi connectivity index (χ0n) is 9.33. The number of carbonyl (C=O) groups is 1. The first kappa shape index (κ1) is 11.8. The normalized spacial score (nSPS) is 17.2. The Balaban J connectivity index is 1.84. The second-order valence-electron chi connectivity index (χ2n) is 4.23. The Morgan fingerprint density at radius 1 is 1.47 bits per heavy atom. The summed E-state index contributed by atoms with van der Waals surface area (Å²) in [6.45, 7) is 0.422. The second-order valence-corrected chi connectivity index (χ2v) is 4.23. The van der Waals surface area contributed by atoms with Crippen LogP contribution < -0.4 is 5.32 Å². The van der Waals surface area contributed by atoms with Crippen molar-refractivity contribution in [2.75, 3.05) is 11.9 Å². The lowest BCUT2D eigenvalue weighted by Crippen LogP contribution is -2.32. The monoisotopic (exact) mass is 237 g/mol. The van der Waals surface area contributed by atoms with E-state index in [0.29, 0.717) is 18.3 Å². The molecule has 17 heavy (non-hydrogen) atoms. The highest BCUT2D eigenvalue weighted by molar-refractivity contribution is 5.84. The molecule has 2 rings (SSSR count). The molecule has 0 saturated heterocycles. The maximum atomic E-state index is 10.6. The van der Waals surface area contributed by atoms with Crippen molar-refractivity contribution in [2.24, 2.45) is 5.92 Å². The van der Waals surface area contributed by atoms with Gasteiger partial charge in [-0.1, -0.05) is 6.42 Å². The van der Waals surface area contributed by atoms with Crippen molar-refractivity contribution in [1.82, 2.24) is 9.97 Å². The third-order valence-electron chi connectivity index (χ3n) is 3.06. The number of hydrogen-bond acceptors (Lipinski definition) is 5. The van der Waals surface area contributed by atoms with E-state index in [4.69, 9.17) is 5.11 Å². The molecule has 6 nitrogen and oxygen atoms in total. The molecule has 1 fully saturated rings. The van der Waals surface area contributed by atoms with E-state index in [2.05, 4.69) is 15.3 Å². The molecule has 1 unspecified atom stereocenters. The van der Waals surface area contributed by atoms with Gasteiger partial charge in [-0.15, -0.1) is 0 Å². The van der Waals surface area contributed by atoms with Crippen LogP contribution in [0, 0.1) is 5.92 Å². The summed E-state index contributed by atoms with van der Waals surface area (Å²) in [6, 6.07) is 0. The molecule has 92 valence electrons. The molecule has 1 aromatic heterocycles. The Hall–Kier alpha value is -1.69. The first-order chi connectivity index (χ1) is 8.16. The summed E-state index contributed by atoms with van der Waals surface area (Å²) < 4.78 is 0. The lowest BCUT2D eigenvalue weighted by Gasteiger charge is -2.30. The minimum absolute atomic E-state index is 0.0879. The number of aromatic carboxylic acids is 1. The fraction of sp³-hybridized carbons (Fsp3) is 0.545. The zero-order valence-corrected chi connectivity index (χ0v) is 9.33. The topological polar surface area (TPSA) is 95.3 Å². The molecule has 3 N–H and O–H groups in total. The number of aromatic nitrogens is 2. The van der Waals surface area contributed by atoms with Gasteiger partial charge in [0.15, 0.2) is 5.69 Å². The van der Waals surface area contributed by atoms with Crippen LogP contribution in [0.3, 0.4) is 0 Å². The third kappa shape index (κ3) is 2.91. The molecule has 0 aromatic carbocycles. The van der Waals surface area contributed by atoms with E-state index in [1.165, 1.54) is 18.8 Å². The summed E-state index contributed by atoms with van der Waals surface area (Å²) in [5.41, 5.74) is -0.0879. The van der Waals surface area contributed by atoms with Gasteiger partial charge in [0.05, 0.1) is 18.5 Å². The van der Waals surface area contributed by atoms with Crippen LogP contribution in [0.5, 0.6) is 0 Å². The lowest BCUT2D eigenvalue weighted by molar-refractivity contribution is 0.0689. The largest absolute Gasteiger partial charge is 0.476 e. The van der Waals surface area contributed by atoms with Crippen LogP contribution in [0.25, 0.3) is 0 Å². The Bertz CT molecular complexity index is 389. The van der Waals surface area contributed by atoms with Crippen LogP contribution >= 0.6 is 0 Å². The molecule has 0 aliphatic heterocycles. The second kappa shape index (κ2) is 5.09. The van der Waals surface area contributed by atoms with Crippen LogP contribution in [0.2, 0.25) is 0 Å². The van der Waals surface area contributed by atoms with Gasteiger partial charge in [0, 0.05) is 6.54 Å². The average Bonchev–Trinajstić information content (AvgIpc) is 2.24. The van der Waals surface area contributed by atoms with Crippen molar-refractivity contribution in [2.45, 2.75) is 25.4 Å². The van der Waals surface area contributed by atoms with Crippen molar-refractivity contribution >= 4 is 11.8 Å². The molecule has 1 aliphatic rings. The number of rotatable bonds is 5. The summed E-state index contributed by atoms with van der Waals surface area (Å²) >= 11 is 0. The molecule has 0 radical (unpaired) electrons. The van der Waals surface area contributed by atoms with Crippen molar-refractivity contribution in [3.63, 3.8) is 0 Å². The maximum absolute atomic E-state index is 10.6. The molecule has 1 heterocycles. The Kier molecular flexibility index (Phi) is 3.53. The van der Waals surface area contributed by atoms with Gasteiger partial charge < -0.3 is 15.5 Å². The highest BCUT2D eigenvalue weighted by Crippen LogP contribution is 2.29. The summed E-state index contributed by atoms with van der Waals surface area (Å²) in [6.07, 6.45) is 5.52. The van der Waals surface area contributed by atoms with Crippen molar-refractivity contribution in [3.8, 4) is 0 Å². The summed E-state index contributed by atoms with van der Waals surface area (Å²) in [5, 5.41) is 21.4. The van der Waals surface area contributed by atoms with Crippen LogP contribution in [0.4, 0.5) is 5.82 Å². The number of carboxylic acid groups (broad SMARTS) is 1. The minimum atomic E-state index is -1.10. The molecule has 1 saturated carbocycles. The first-order valence-electron chi connectivity index (χ1n) is 5.64. The standard InChI is InChI=1S/C11H15N3O3/c15-9(7-2-1-3-7)5-14-10-6-12-8(4-13-10)11(16)17/h4,6-7,9,15H,1-3,5H2,(H,13,14)(H,16,17). The molecule has 0 amide bonds. The molecule has 1 atom stereocenters. The Labute approximate surface area is 98.7 Å². The van der Waals surface area contributed by atoms with Gasteiger partial charge in [-0.25, -0.2) is 14.8 Å². The SMILES string of the molecule is O=C(O)c1cnc(NCC(O)C2CCC2)cn1. The third-order valence-corrected chi connectivity index (χ3v) is 3.06. The molecule has 1 aliphatic carbocycles. The van der Waals surface area contributed by atoms with Gasteiger partial charge in [0.25, 0.3) is 0 Å². The fourth-order valence-corrected chi connectivity index (χ4v) is 1.73. The van der Waals surface area contributed by atoms with Gasteiger partial charge in [-0.05, 0) is 18.8 Å². The van der Waals surface area contributed by atoms with Gasteiger partial charge >= 0.3 is 5.97 Å². The molecular formula is C11H15N3O3. The zero-order chi connectivity index (χ0) is 12.3. The Morgan fingerprint density at radius 2 is 2.24 bits per heavy atom. The van der Waals surface area contributed by atoms with Crippen LogP contribution in [0.15, 0.2) is 12.4 Å². The highest BCUT2D eigenvalue weighted by Gasteiger charge is 2.25. The fourth-order valence-electron chi connectivity index (χ4n) is 1.73.